The molecule has 0 aliphatic carbocycles. The van der Waals surface area contributed by atoms with Crippen LogP contribution in [0.4, 0.5) is 4.39 Å². The third-order valence-electron chi connectivity index (χ3n) is 4.64. The van der Waals surface area contributed by atoms with Gasteiger partial charge < -0.3 is 9.84 Å². The summed E-state index contributed by atoms with van der Waals surface area (Å²) in [6.07, 6.45) is 0. The van der Waals surface area contributed by atoms with Crippen molar-refractivity contribution in [3.05, 3.63) is 64.1 Å². The number of aromatic nitrogens is 1. The molecule has 5 nitrogen and oxygen atoms in total. The van der Waals surface area contributed by atoms with Crippen molar-refractivity contribution in [2.45, 2.75) is 19.8 Å². The Balaban J connectivity index is 2.35. The van der Waals surface area contributed by atoms with Crippen molar-refractivity contribution in [1.29, 1.82) is 0 Å². The van der Waals surface area contributed by atoms with E-state index in [4.69, 9.17) is 16.3 Å². The highest BCUT2D eigenvalue weighted by molar-refractivity contribution is 6.30. The summed E-state index contributed by atoms with van der Waals surface area (Å²) < 4.78 is 21.4. The first-order valence-corrected chi connectivity index (χ1v) is 8.56. The monoisotopic (exact) mass is 389 g/mol. The summed E-state index contributed by atoms with van der Waals surface area (Å²) in [5.41, 5.74) is 1.25. The molecule has 0 aliphatic heterocycles. The number of hydrogen-bond acceptors (Lipinski definition) is 3. The molecule has 0 fully saturated rings. The van der Waals surface area contributed by atoms with Gasteiger partial charge in [0.05, 0.1) is 18.5 Å². The van der Waals surface area contributed by atoms with Crippen molar-refractivity contribution in [2.75, 3.05) is 7.11 Å². The average Bonchev–Trinajstić information content (AvgIpc) is 2.94. The zero-order valence-corrected chi connectivity index (χ0v) is 15.7. The summed E-state index contributed by atoms with van der Waals surface area (Å²) in [7, 11) is 1.33. The number of carboxylic acid groups (broad SMARTS) is 1. The lowest BCUT2D eigenvalue weighted by Gasteiger charge is -2.09. The molecule has 1 atom stereocenters. The van der Waals surface area contributed by atoms with Gasteiger partial charge >= 0.3 is 5.97 Å². The average molecular weight is 390 g/mol. The van der Waals surface area contributed by atoms with Gasteiger partial charge in [-0.2, -0.15) is 0 Å². The molecule has 1 unspecified atom stereocenters. The van der Waals surface area contributed by atoms with Crippen LogP contribution in [0, 0.1) is 12.7 Å². The molecule has 2 aromatic carbocycles. The summed E-state index contributed by atoms with van der Waals surface area (Å²) in [5, 5.41) is 10.0. The number of fused-ring (bicyclic) bond motifs is 1. The molecule has 0 saturated carbocycles. The first-order valence-electron chi connectivity index (χ1n) is 8.18. The molecule has 1 aromatic heterocycles. The Labute approximate surface area is 159 Å². The maximum Gasteiger partial charge on any atom is 0.310 e. The van der Waals surface area contributed by atoms with E-state index in [-0.39, 0.29) is 22.2 Å². The van der Waals surface area contributed by atoms with Crippen molar-refractivity contribution in [2.24, 2.45) is 0 Å². The van der Waals surface area contributed by atoms with Crippen LogP contribution in [0.25, 0.3) is 10.9 Å². The Hall–Kier alpha value is -2.86. The number of carboxylic acids is 1. The lowest BCUT2D eigenvalue weighted by atomic mass is 9.97. The second-order valence-corrected chi connectivity index (χ2v) is 6.62. The lowest BCUT2D eigenvalue weighted by molar-refractivity contribution is -0.138. The number of hydrogen-bond donors (Lipinski definition) is 1. The number of nitrogens with zero attached hydrogens (tertiary/aromatic N) is 1. The smallest absolute Gasteiger partial charge is 0.310 e. The summed E-state index contributed by atoms with van der Waals surface area (Å²) in [6, 6.07) is 9.26. The molecule has 140 valence electrons. The first-order chi connectivity index (χ1) is 12.8. The zero-order valence-electron chi connectivity index (χ0n) is 14.9. The van der Waals surface area contributed by atoms with Gasteiger partial charge in [0.1, 0.15) is 0 Å². The van der Waals surface area contributed by atoms with Crippen LogP contribution in [-0.4, -0.2) is 28.7 Å². The highest BCUT2D eigenvalue weighted by atomic mass is 35.5. The Bertz CT molecular complexity index is 1060. The number of methoxy groups -OCH3 is 1. The molecular weight excluding hydrogens is 373 g/mol. The SMILES string of the molecule is COc1ccc2c(c1F)c(C(C)C(=O)O)c(C)n2C(=O)c1ccc(Cl)cc1. The largest absolute Gasteiger partial charge is 0.494 e. The predicted octanol–water partition coefficient (Wildman–Crippen LogP) is 4.63. The molecule has 0 aliphatic rings. The molecule has 0 saturated heterocycles. The lowest BCUT2D eigenvalue weighted by Crippen LogP contribution is -2.15. The Morgan fingerprint density at radius 2 is 1.81 bits per heavy atom. The highest BCUT2D eigenvalue weighted by Crippen LogP contribution is 2.37. The van der Waals surface area contributed by atoms with Crippen LogP contribution in [0.2, 0.25) is 5.02 Å². The summed E-state index contributed by atoms with van der Waals surface area (Å²) in [5.74, 6) is -3.23. The van der Waals surface area contributed by atoms with E-state index in [1.54, 1.807) is 37.3 Å². The summed E-state index contributed by atoms with van der Waals surface area (Å²) >= 11 is 5.88. The number of rotatable bonds is 4. The minimum Gasteiger partial charge on any atom is -0.494 e. The van der Waals surface area contributed by atoms with Gasteiger partial charge in [0.15, 0.2) is 11.6 Å². The number of aliphatic carboxylic acids is 1. The van der Waals surface area contributed by atoms with E-state index in [0.717, 1.165) is 0 Å². The van der Waals surface area contributed by atoms with Crippen LogP contribution in [0.3, 0.4) is 0 Å². The van der Waals surface area contributed by atoms with Gasteiger partial charge in [-0.25, -0.2) is 4.39 Å². The fourth-order valence-corrected chi connectivity index (χ4v) is 3.39. The van der Waals surface area contributed by atoms with Crippen molar-refractivity contribution in [1.82, 2.24) is 4.57 Å². The Morgan fingerprint density at radius 3 is 2.37 bits per heavy atom. The second-order valence-electron chi connectivity index (χ2n) is 6.18. The van der Waals surface area contributed by atoms with Crippen LogP contribution < -0.4 is 4.74 Å². The van der Waals surface area contributed by atoms with Gasteiger partial charge in [-0.15, -0.1) is 0 Å². The standard InChI is InChI=1S/C20H17ClFNO4/c1-10(20(25)26)16-11(2)23(19(24)12-4-6-13(21)7-5-12)14-8-9-15(27-3)18(22)17(14)16/h4-10H,1-3H3,(H,25,26). The van der Waals surface area contributed by atoms with Crippen LogP contribution in [0.1, 0.15) is 34.5 Å². The van der Waals surface area contributed by atoms with E-state index in [1.165, 1.54) is 24.7 Å². The van der Waals surface area contributed by atoms with Gasteiger partial charge in [0, 0.05) is 21.7 Å². The molecule has 7 heteroatoms. The second kappa shape index (κ2) is 7.04. The molecule has 1 heterocycles. The van der Waals surface area contributed by atoms with Crippen LogP contribution in [-0.2, 0) is 4.79 Å². The normalized spacial score (nSPS) is 12.2. The van der Waals surface area contributed by atoms with E-state index in [9.17, 15) is 14.7 Å². The fourth-order valence-electron chi connectivity index (χ4n) is 3.27. The Morgan fingerprint density at radius 1 is 1.19 bits per heavy atom. The number of ether oxygens (including phenoxy) is 1. The molecule has 0 bridgehead atoms. The first kappa shape index (κ1) is 18.9. The summed E-state index contributed by atoms with van der Waals surface area (Å²) in [6.45, 7) is 3.06. The molecule has 3 aromatic rings. The summed E-state index contributed by atoms with van der Waals surface area (Å²) in [4.78, 5) is 24.7. The molecule has 0 radical (unpaired) electrons. The third-order valence-corrected chi connectivity index (χ3v) is 4.89. The van der Waals surface area contributed by atoms with E-state index >= 15 is 4.39 Å². The van der Waals surface area contributed by atoms with Gasteiger partial charge in [0.2, 0.25) is 0 Å². The van der Waals surface area contributed by atoms with Gasteiger partial charge in [-0.05, 0) is 55.8 Å². The van der Waals surface area contributed by atoms with Crippen LogP contribution >= 0.6 is 11.6 Å². The van der Waals surface area contributed by atoms with Crippen molar-refractivity contribution in [3.63, 3.8) is 0 Å². The predicted molar refractivity (Wildman–Crippen MR) is 100 cm³/mol. The zero-order chi connectivity index (χ0) is 19.9. The topological polar surface area (TPSA) is 68.5 Å². The minimum atomic E-state index is -1.11. The van der Waals surface area contributed by atoms with E-state index < -0.39 is 23.6 Å². The molecule has 0 amide bonds. The van der Waals surface area contributed by atoms with Gasteiger partial charge in [0.25, 0.3) is 5.91 Å². The number of carbonyl (C=O) groups excluding carboxylic acids is 1. The van der Waals surface area contributed by atoms with Gasteiger partial charge in [-0.1, -0.05) is 11.6 Å². The molecule has 3 rings (SSSR count). The fraction of sp³-hybridized carbons (Fsp3) is 0.200. The molecule has 0 spiro atoms. The molecule has 1 N–H and O–H groups in total. The van der Waals surface area contributed by atoms with Crippen LogP contribution in [0.15, 0.2) is 36.4 Å². The van der Waals surface area contributed by atoms with Gasteiger partial charge in [-0.3, -0.25) is 14.2 Å². The van der Waals surface area contributed by atoms with Crippen molar-refractivity contribution < 1.29 is 23.8 Å². The van der Waals surface area contributed by atoms with E-state index in [2.05, 4.69) is 0 Å². The minimum absolute atomic E-state index is 0.0163. The maximum atomic E-state index is 15.0. The molecule has 27 heavy (non-hydrogen) atoms. The van der Waals surface area contributed by atoms with Crippen LogP contribution in [0.5, 0.6) is 5.75 Å². The third kappa shape index (κ3) is 3.06. The quantitative estimate of drug-likeness (QED) is 0.706. The van der Waals surface area contributed by atoms with Crippen molar-refractivity contribution in [3.8, 4) is 5.75 Å². The molecular formula is C20H17ClFNO4. The number of benzene rings is 2. The number of halogens is 2. The highest BCUT2D eigenvalue weighted by Gasteiger charge is 2.29. The van der Waals surface area contributed by atoms with E-state index in [1.807, 2.05) is 0 Å². The maximum absolute atomic E-state index is 15.0. The van der Waals surface area contributed by atoms with Crippen molar-refractivity contribution >= 4 is 34.4 Å². The van der Waals surface area contributed by atoms with E-state index in [0.29, 0.717) is 16.3 Å². The number of carbonyl (C=O) groups is 2. The Kier molecular flexibility index (Phi) is 4.93.